The van der Waals surface area contributed by atoms with Gasteiger partial charge in [-0.1, -0.05) is 19.3 Å². The molecule has 0 atom stereocenters. The first kappa shape index (κ1) is 12.0. The van der Waals surface area contributed by atoms with Crippen LogP contribution < -0.4 is 0 Å². The summed E-state index contributed by atoms with van der Waals surface area (Å²) in [6.07, 6.45) is 8.23. The van der Waals surface area contributed by atoms with Crippen molar-refractivity contribution in [3.05, 3.63) is 0 Å². The van der Waals surface area contributed by atoms with Crippen LogP contribution in [0.1, 0.15) is 44.9 Å². The van der Waals surface area contributed by atoms with Crippen LogP contribution in [0.15, 0.2) is 0 Å². The standard InChI is InChI=1S/C7H11ClO.C4H8O/c8-7(9)6-4-2-1-3-5-6;1-2-4-5-3-1/h6H,1-5H2;1-4H2. The second-order valence-electron chi connectivity index (χ2n) is 3.96. The van der Waals surface area contributed by atoms with E-state index in [9.17, 15) is 4.79 Å². The highest BCUT2D eigenvalue weighted by molar-refractivity contribution is 6.63. The Hall–Kier alpha value is -0.0800. The van der Waals surface area contributed by atoms with E-state index in [2.05, 4.69) is 0 Å². The van der Waals surface area contributed by atoms with E-state index in [0.29, 0.717) is 0 Å². The van der Waals surface area contributed by atoms with Crippen LogP contribution in [0, 0.1) is 5.92 Å². The van der Waals surface area contributed by atoms with Crippen molar-refractivity contribution in [3.63, 3.8) is 0 Å². The van der Waals surface area contributed by atoms with Crippen LogP contribution in [-0.4, -0.2) is 18.5 Å². The van der Waals surface area contributed by atoms with Crippen molar-refractivity contribution >= 4 is 16.8 Å². The van der Waals surface area contributed by atoms with Crippen LogP contribution in [0.4, 0.5) is 0 Å². The number of carbonyl (C=O) groups excluding carboxylic acids is 1. The SMILES string of the molecule is C1CCOC1.O=C(Cl)C1CCCCC1. The third kappa shape index (κ3) is 4.97. The fraction of sp³-hybridized carbons (Fsp3) is 0.909. The van der Waals surface area contributed by atoms with Gasteiger partial charge in [-0.25, -0.2) is 0 Å². The fourth-order valence-corrected chi connectivity index (χ4v) is 2.06. The number of hydrogen-bond donors (Lipinski definition) is 0. The molecule has 1 aliphatic heterocycles. The van der Waals surface area contributed by atoms with E-state index in [1.807, 2.05) is 0 Å². The molecule has 1 saturated carbocycles. The molecule has 0 amide bonds. The molecule has 0 bridgehead atoms. The quantitative estimate of drug-likeness (QED) is 0.633. The van der Waals surface area contributed by atoms with Crippen molar-refractivity contribution in [1.82, 2.24) is 0 Å². The normalized spacial score (nSPS) is 22.6. The number of carbonyl (C=O) groups is 1. The van der Waals surface area contributed by atoms with Gasteiger partial charge in [-0.2, -0.15) is 0 Å². The molecule has 14 heavy (non-hydrogen) atoms. The molecule has 0 spiro atoms. The van der Waals surface area contributed by atoms with Crippen LogP contribution in [0.5, 0.6) is 0 Å². The summed E-state index contributed by atoms with van der Waals surface area (Å²) in [5, 5.41) is -0.130. The molecule has 1 aliphatic carbocycles. The summed E-state index contributed by atoms with van der Waals surface area (Å²) in [5.41, 5.74) is 0. The third-order valence-electron chi connectivity index (χ3n) is 2.75. The Kier molecular flexibility index (Phi) is 6.20. The van der Waals surface area contributed by atoms with Gasteiger partial charge in [0.25, 0.3) is 0 Å². The minimum absolute atomic E-state index is 0.130. The maximum Gasteiger partial charge on any atom is 0.224 e. The minimum Gasteiger partial charge on any atom is -0.381 e. The van der Waals surface area contributed by atoms with Crippen molar-refractivity contribution in [3.8, 4) is 0 Å². The molecule has 0 radical (unpaired) electrons. The predicted octanol–water partition coefficient (Wildman–Crippen LogP) is 3.13. The maximum absolute atomic E-state index is 10.6. The van der Waals surface area contributed by atoms with Gasteiger partial charge in [-0.15, -0.1) is 0 Å². The van der Waals surface area contributed by atoms with Crippen LogP contribution in [0.3, 0.4) is 0 Å². The molecule has 1 heterocycles. The second kappa shape index (κ2) is 7.24. The smallest absolute Gasteiger partial charge is 0.224 e. The van der Waals surface area contributed by atoms with Crippen molar-refractivity contribution in [2.75, 3.05) is 13.2 Å². The largest absolute Gasteiger partial charge is 0.381 e. The molecule has 0 unspecified atom stereocenters. The summed E-state index contributed by atoms with van der Waals surface area (Å²) in [6.45, 7) is 2.00. The van der Waals surface area contributed by atoms with Gasteiger partial charge in [0.1, 0.15) is 0 Å². The fourth-order valence-electron chi connectivity index (χ4n) is 1.84. The second-order valence-corrected chi connectivity index (χ2v) is 4.33. The Balaban J connectivity index is 0.000000165. The first-order valence-electron chi connectivity index (χ1n) is 5.58. The summed E-state index contributed by atoms with van der Waals surface area (Å²) in [5.74, 6) is 0.181. The molecule has 2 aliphatic rings. The van der Waals surface area contributed by atoms with E-state index >= 15 is 0 Å². The molecule has 0 aromatic carbocycles. The Bertz CT molecular complexity index is 153. The number of hydrogen-bond acceptors (Lipinski definition) is 2. The summed E-state index contributed by atoms with van der Waals surface area (Å²) in [6, 6.07) is 0. The maximum atomic E-state index is 10.6. The molecular weight excluding hydrogens is 200 g/mol. The number of ether oxygens (including phenoxy) is 1. The molecule has 2 fully saturated rings. The average Bonchev–Trinajstić information content (AvgIpc) is 2.77. The van der Waals surface area contributed by atoms with Crippen LogP contribution in [0.2, 0.25) is 0 Å². The van der Waals surface area contributed by atoms with Gasteiger partial charge in [0.15, 0.2) is 0 Å². The zero-order valence-corrected chi connectivity index (χ0v) is 9.39. The zero-order chi connectivity index (χ0) is 10.2. The topological polar surface area (TPSA) is 26.3 Å². The zero-order valence-electron chi connectivity index (χ0n) is 8.64. The molecule has 82 valence electrons. The van der Waals surface area contributed by atoms with E-state index in [4.69, 9.17) is 16.3 Å². The molecule has 1 saturated heterocycles. The average molecular weight is 219 g/mol. The van der Waals surface area contributed by atoms with Crippen molar-refractivity contribution < 1.29 is 9.53 Å². The van der Waals surface area contributed by atoms with E-state index in [-0.39, 0.29) is 11.2 Å². The predicted molar refractivity (Wildman–Crippen MR) is 57.5 cm³/mol. The summed E-state index contributed by atoms with van der Waals surface area (Å²) in [4.78, 5) is 10.6. The van der Waals surface area contributed by atoms with E-state index in [1.54, 1.807) is 0 Å². The number of halogens is 1. The first-order valence-corrected chi connectivity index (χ1v) is 5.95. The van der Waals surface area contributed by atoms with Gasteiger partial charge in [0, 0.05) is 19.1 Å². The molecular formula is C11H19ClO2. The van der Waals surface area contributed by atoms with Gasteiger partial charge in [0.05, 0.1) is 0 Å². The molecule has 0 aromatic rings. The highest BCUT2D eigenvalue weighted by Gasteiger charge is 2.18. The first-order chi connectivity index (χ1) is 6.80. The van der Waals surface area contributed by atoms with Gasteiger partial charge < -0.3 is 4.74 Å². The Morgan fingerprint density at radius 1 is 1.00 bits per heavy atom. The van der Waals surface area contributed by atoms with Gasteiger partial charge >= 0.3 is 0 Å². The van der Waals surface area contributed by atoms with Crippen LogP contribution in [0.25, 0.3) is 0 Å². The lowest BCUT2D eigenvalue weighted by Crippen LogP contribution is -2.12. The van der Waals surface area contributed by atoms with E-state index in [1.165, 1.54) is 32.1 Å². The molecule has 3 heteroatoms. The Labute approximate surface area is 91.0 Å². The van der Waals surface area contributed by atoms with Gasteiger partial charge in [-0.3, -0.25) is 4.79 Å². The van der Waals surface area contributed by atoms with Crippen LogP contribution in [-0.2, 0) is 9.53 Å². The molecule has 2 rings (SSSR count). The van der Waals surface area contributed by atoms with Crippen molar-refractivity contribution in [2.24, 2.45) is 5.92 Å². The molecule has 0 aromatic heterocycles. The van der Waals surface area contributed by atoms with E-state index < -0.39 is 0 Å². The number of rotatable bonds is 1. The summed E-state index contributed by atoms with van der Waals surface area (Å²) < 4.78 is 4.94. The Morgan fingerprint density at radius 3 is 1.86 bits per heavy atom. The molecule has 2 nitrogen and oxygen atoms in total. The lowest BCUT2D eigenvalue weighted by molar-refractivity contribution is -0.115. The highest BCUT2D eigenvalue weighted by atomic mass is 35.5. The van der Waals surface area contributed by atoms with Crippen molar-refractivity contribution in [1.29, 1.82) is 0 Å². The summed E-state index contributed by atoms with van der Waals surface area (Å²) >= 11 is 5.32. The highest BCUT2D eigenvalue weighted by Crippen LogP contribution is 2.25. The summed E-state index contributed by atoms with van der Waals surface area (Å²) in [7, 11) is 0. The van der Waals surface area contributed by atoms with Gasteiger partial charge in [0.2, 0.25) is 5.24 Å². The van der Waals surface area contributed by atoms with Crippen molar-refractivity contribution in [2.45, 2.75) is 44.9 Å². The van der Waals surface area contributed by atoms with Gasteiger partial charge in [-0.05, 0) is 37.3 Å². The lowest BCUT2D eigenvalue weighted by Gasteiger charge is -2.16. The van der Waals surface area contributed by atoms with Crippen LogP contribution >= 0.6 is 11.6 Å². The lowest BCUT2D eigenvalue weighted by atomic mass is 9.90. The third-order valence-corrected chi connectivity index (χ3v) is 3.06. The molecule has 0 N–H and O–H groups in total. The Morgan fingerprint density at radius 2 is 1.57 bits per heavy atom. The monoisotopic (exact) mass is 218 g/mol. The minimum atomic E-state index is -0.130. The van der Waals surface area contributed by atoms with E-state index in [0.717, 1.165) is 26.1 Å².